The minimum Gasteiger partial charge on any atom is -0.409 e. The van der Waals surface area contributed by atoms with Gasteiger partial charge in [-0.3, -0.25) is 4.90 Å². The number of nitrogens with zero attached hydrogens (tertiary/aromatic N) is 3. The van der Waals surface area contributed by atoms with Gasteiger partial charge in [-0.25, -0.2) is 0 Å². The van der Waals surface area contributed by atoms with Crippen molar-refractivity contribution in [2.75, 3.05) is 31.6 Å². The smallest absolute Gasteiger partial charge is 0.172 e. The van der Waals surface area contributed by atoms with E-state index in [1.807, 2.05) is 18.2 Å². The van der Waals surface area contributed by atoms with Crippen molar-refractivity contribution in [2.24, 2.45) is 10.9 Å². The van der Waals surface area contributed by atoms with Crippen LogP contribution in [0.3, 0.4) is 0 Å². The van der Waals surface area contributed by atoms with Gasteiger partial charge < -0.3 is 15.8 Å². The molecule has 3 N–H and O–H groups in total. The van der Waals surface area contributed by atoms with E-state index in [1.165, 1.54) is 0 Å². The highest BCUT2D eigenvalue weighted by molar-refractivity contribution is 9.10. The highest BCUT2D eigenvalue weighted by Crippen LogP contribution is 2.27. The molecule has 5 nitrogen and oxygen atoms in total. The largest absolute Gasteiger partial charge is 0.409 e. The van der Waals surface area contributed by atoms with E-state index in [0.29, 0.717) is 6.04 Å². The average molecular weight is 341 g/mol. The molecule has 0 bridgehead atoms. The number of anilines is 1. The zero-order chi connectivity index (χ0) is 14.7. The maximum Gasteiger partial charge on any atom is 0.172 e. The minimum absolute atomic E-state index is 0.152. The van der Waals surface area contributed by atoms with E-state index in [9.17, 15) is 0 Å². The molecule has 0 aromatic heterocycles. The van der Waals surface area contributed by atoms with Crippen molar-refractivity contribution in [2.45, 2.75) is 19.4 Å². The highest BCUT2D eigenvalue weighted by atomic mass is 79.9. The van der Waals surface area contributed by atoms with Crippen LogP contribution in [-0.2, 0) is 0 Å². The predicted molar refractivity (Wildman–Crippen MR) is 85.6 cm³/mol. The van der Waals surface area contributed by atoms with Crippen LogP contribution in [-0.4, -0.2) is 48.7 Å². The molecule has 0 saturated carbocycles. The Balaban J connectivity index is 2.34. The Morgan fingerprint density at radius 2 is 2.25 bits per heavy atom. The summed E-state index contributed by atoms with van der Waals surface area (Å²) in [7, 11) is 2.16. The molecule has 1 saturated heterocycles. The first-order chi connectivity index (χ1) is 9.56. The molecule has 6 heteroatoms. The molecule has 1 heterocycles. The molecule has 110 valence electrons. The van der Waals surface area contributed by atoms with E-state index < -0.39 is 0 Å². The van der Waals surface area contributed by atoms with Crippen molar-refractivity contribution < 1.29 is 5.21 Å². The molecule has 20 heavy (non-hydrogen) atoms. The van der Waals surface area contributed by atoms with Crippen LogP contribution in [0.4, 0.5) is 5.69 Å². The lowest BCUT2D eigenvalue weighted by molar-refractivity contribution is 0.213. The summed E-state index contributed by atoms with van der Waals surface area (Å²) in [6.07, 6.45) is 1.11. The molecule has 1 fully saturated rings. The number of likely N-dealkylation sites (N-methyl/N-ethyl adjacent to an activating group) is 1. The van der Waals surface area contributed by atoms with Gasteiger partial charge in [-0.15, -0.1) is 0 Å². The number of oxime groups is 1. The zero-order valence-electron chi connectivity index (χ0n) is 11.9. The molecule has 1 unspecified atom stereocenters. The normalized spacial score (nSPS) is 21.2. The van der Waals surface area contributed by atoms with Gasteiger partial charge in [-0.1, -0.05) is 28.0 Å². The third-order valence-electron chi connectivity index (χ3n) is 3.93. The van der Waals surface area contributed by atoms with E-state index in [1.54, 1.807) is 0 Å². The molecular formula is C14H21BrN4O. The minimum atomic E-state index is 0.152. The van der Waals surface area contributed by atoms with Crippen LogP contribution in [0.25, 0.3) is 0 Å². The second-order valence-electron chi connectivity index (χ2n) is 5.14. The maximum absolute atomic E-state index is 8.95. The molecule has 1 aromatic carbocycles. The van der Waals surface area contributed by atoms with Gasteiger partial charge in [0.1, 0.15) is 0 Å². The summed E-state index contributed by atoms with van der Waals surface area (Å²) >= 11 is 3.50. The highest BCUT2D eigenvalue weighted by Gasteiger charge is 2.25. The van der Waals surface area contributed by atoms with E-state index in [2.05, 4.69) is 44.9 Å². The van der Waals surface area contributed by atoms with Gasteiger partial charge in [0.2, 0.25) is 0 Å². The van der Waals surface area contributed by atoms with Gasteiger partial charge in [0.15, 0.2) is 5.84 Å². The summed E-state index contributed by atoms with van der Waals surface area (Å²) in [6.45, 7) is 5.11. The molecule has 0 aliphatic carbocycles. The SMILES string of the molecule is CCC1CN(c2cc(Br)ccc2/C(N)=N/O)CCN1C. The first-order valence-electron chi connectivity index (χ1n) is 6.79. The van der Waals surface area contributed by atoms with Crippen molar-refractivity contribution >= 4 is 27.5 Å². The van der Waals surface area contributed by atoms with Gasteiger partial charge in [0.05, 0.1) is 0 Å². The third-order valence-corrected chi connectivity index (χ3v) is 4.43. The number of hydrogen-bond acceptors (Lipinski definition) is 4. The average Bonchev–Trinajstić information content (AvgIpc) is 2.47. The predicted octanol–water partition coefficient (Wildman–Crippen LogP) is 2.07. The quantitative estimate of drug-likeness (QED) is 0.382. The van der Waals surface area contributed by atoms with Crippen molar-refractivity contribution in [1.29, 1.82) is 0 Å². The molecule has 0 radical (unpaired) electrons. The van der Waals surface area contributed by atoms with Crippen molar-refractivity contribution in [3.05, 3.63) is 28.2 Å². The van der Waals surface area contributed by atoms with E-state index >= 15 is 0 Å². The van der Waals surface area contributed by atoms with Crippen molar-refractivity contribution in [1.82, 2.24) is 4.90 Å². The topological polar surface area (TPSA) is 65.1 Å². The third kappa shape index (κ3) is 3.07. The number of benzene rings is 1. The van der Waals surface area contributed by atoms with Crippen molar-refractivity contribution in [3.8, 4) is 0 Å². The lowest BCUT2D eigenvalue weighted by Crippen LogP contribution is -2.51. The second kappa shape index (κ2) is 6.45. The summed E-state index contributed by atoms with van der Waals surface area (Å²) in [5.41, 5.74) is 7.58. The fourth-order valence-electron chi connectivity index (χ4n) is 2.64. The number of piperazine rings is 1. The first-order valence-corrected chi connectivity index (χ1v) is 7.58. The number of nitrogens with two attached hydrogens (primary N) is 1. The van der Waals surface area contributed by atoms with Crippen LogP contribution in [0.2, 0.25) is 0 Å². The van der Waals surface area contributed by atoms with Crippen LogP contribution >= 0.6 is 15.9 Å². The molecule has 1 aromatic rings. The number of rotatable bonds is 3. The van der Waals surface area contributed by atoms with Crippen LogP contribution < -0.4 is 10.6 Å². The maximum atomic E-state index is 8.95. The van der Waals surface area contributed by atoms with E-state index in [0.717, 1.165) is 41.8 Å². The number of hydrogen-bond donors (Lipinski definition) is 2. The number of amidine groups is 1. The summed E-state index contributed by atoms with van der Waals surface area (Å²) in [6, 6.07) is 6.35. The molecule has 1 atom stereocenters. The summed E-state index contributed by atoms with van der Waals surface area (Å²) in [5.74, 6) is 0.152. The van der Waals surface area contributed by atoms with E-state index in [-0.39, 0.29) is 5.84 Å². The van der Waals surface area contributed by atoms with Gasteiger partial charge in [0.25, 0.3) is 0 Å². The fraction of sp³-hybridized carbons (Fsp3) is 0.500. The lowest BCUT2D eigenvalue weighted by atomic mass is 10.1. The Bertz CT molecular complexity index is 506. The van der Waals surface area contributed by atoms with Crippen LogP contribution in [0.15, 0.2) is 27.8 Å². The summed E-state index contributed by atoms with van der Waals surface area (Å²) in [5, 5.41) is 12.1. The Morgan fingerprint density at radius 3 is 2.90 bits per heavy atom. The lowest BCUT2D eigenvalue weighted by Gasteiger charge is -2.41. The Morgan fingerprint density at radius 1 is 1.50 bits per heavy atom. The Hall–Kier alpha value is -1.27. The molecule has 1 aliphatic heterocycles. The summed E-state index contributed by atoms with van der Waals surface area (Å²) in [4.78, 5) is 4.70. The molecular weight excluding hydrogens is 320 g/mol. The Labute approximate surface area is 128 Å². The van der Waals surface area contributed by atoms with Gasteiger partial charge >= 0.3 is 0 Å². The number of halogens is 1. The monoisotopic (exact) mass is 340 g/mol. The van der Waals surface area contributed by atoms with Gasteiger partial charge in [-0.05, 0) is 31.7 Å². The van der Waals surface area contributed by atoms with Crippen LogP contribution in [0.5, 0.6) is 0 Å². The molecule has 1 aliphatic rings. The Kier molecular flexibility index (Phi) is 4.88. The molecule has 0 spiro atoms. The van der Waals surface area contributed by atoms with Crippen molar-refractivity contribution in [3.63, 3.8) is 0 Å². The molecule has 0 amide bonds. The first kappa shape index (κ1) is 15.1. The van der Waals surface area contributed by atoms with Gasteiger partial charge in [0, 0.05) is 41.4 Å². The zero-order valence-corrected chi connectivity index (χ0v) is 13.5. The molecule has 2 rings (SSSR count). The van der Waals surface area contributed by atoms with E-state index in [4.69, 9.17) is 10.9 Å². The summed E-state index contributed by atoms with van der Waals surface area (Å²) < 4.78 is 0.994. The van der Waals surface area contributed by atoms with Gasteiger partial charge in [-0.2, -0.15) is 0 Å². The fourth-order valence-corrected chi connectivity index (χ4v) is 2.99. The van der Waals surface area contributed by atoms with Crippen LogP contribution in [0.1, 0.15) is 18.9 Å². The van der Waals surface area contributed by atoms with Crippen LogP contribution in [0, 0.1) is 0 Å². The second-order valence-corrected chi connectivity index (χ2v) is 6.05. The standard InChI is InChI=1S/C14H21BrN4O/c1-3-11-9-19(7-6-18(11)2)13-8-10(15)4-5-12(13)14(16)17-20/h4-5,8,11,20H,3,6-7,9H2,1-2H3,(H2,16,17).